The number of aliphatic hydroxyl groups excluding tert-OH is 1. The Morgan fingerprint density at radius 3 is 2.64 bits per heavy atom. The summed E-state index contributed by atoms with van der Waals surface area (Å²) in [6.07, 6.45) is 4.47. The normalized spacial score (nSPS) is 51.0. The van der Waals surface area contributed by atoms with E-state index in [0.29, 0.717) is 42.8 Å². The third-order valence-electron chi connectivity index (χ3n) is 8.25. The average Bonchev–Trinajstić information content (AvgIpc) is 2.86. The Bertz CT molecular complexity index is 644. The molecule has 0 aliphatic heterocycles. The fourth-order valence-corrected chi connectivity index (χ4v) is 6.92. The van der Waals surface area contributed by atoms with Crippen molar-refractivity contribution in [1.82, 2.24) is 0 Å². The second-order valence-electron chi connectivity index (χ2n) is 9.21. The van der Waals surface area contributed by atoms with Gasteiger partial charge in [-0.1, -0.05) is 19.0 Å². The van der Waals surface area contributed by atoms with Gasteiger partial charge in [0, 0.05) is 24.2 Å². The average molecular weight is 347 g/mol. The van der Waals surface area contributed by atoms with Crippen LogP contribution in [0.4, 0.5) is 0 Å². The summed E-state index contributed by atoms with van der Waals surface area (Å²) >= 11 is 0. The fraction of sp³-hybridized carbons (Fsp3) is 0.850. The highest BCUT2D eigenvalue weighted by Crippen LogP contribution is 2.64. The standard InChI is InChI=1S/C20H29NO4/c1-19-7-6-13-11(12(19)4-5-18(19)24)8-15(21-25-3)14-9-16(22)17(23)10-20(13,14)2/h11-14,17,23H,4-10H2,1-3H3/b21-15+/t11-,12-,13-,14?,17?,19-,20+/m0/s1. The minimum Gasteiger partial charge on any atom is -0.399 e. The first-order chi connectivity index (χ1) is 11.8. The van der Waals surface area contributed by atoms with Crippen LogP contribution in [0.3, 0.4) is 0 Å². The van der Waals surface area contributed by atoms with E-state index in [-0.39, 0.29) is 22.5 Å². The van der Waals surface area contributed by atoms with Crippen molar-refractivity contribution < 1.29 is 19.5 Å². The van der Waals surface area contributed by atoms with Gasteiger partial charge in [-0.05, 0) is 55.3 Å². The molecule has 1 N–H and O–H groups in total. The molecule has 0 aromatic carbocycles. The molecular formula is C20H29NO4. The summed E-state index contributed by atoms with van der Waals surface area (Å²) in [6.45, 7) is 4.39. The zero-order valence-electron chi connectivity index (χ0n) is 15.5. The highest BCUT2D eigenvalue weighted by Gasteiger charge is 2.62. The van der Waals surface area contributed by atoms with Crippen molar-refractivity contribution in [2.24, 2.45) is 39.7 Å². The molecule has 5 heteroatoms. The van der Waals surface area contributed by atoms with Crippen LogP contribution in [0.2, 0.25) is 0 Å². The predicted molar refractivity (Wildman–Crippen MR) is 93.0 cm³/mol. The third kappa shape index (κ3) is 2.27. The molecule has 4 rings (SSSR count). The van der Waals surface area contributed by atoms with Crippen LogP contribution in [0.5, 0.6) is 0 Å². The van der Waals surface area contributed by atoms with Gasteiger partial charge in [0.25, 0.3) is 0 Å². The summed E-state index contributed by atoms with van der Waals surface area (Å²) in [4.78, 5) is 29.8. The summed E-state index contributed by atoms with van der Waals surface area (Å²) in [5.74, 6) is 1.66. The molecule has 0 aromatic rings. The van der Waals surface area contributed by atoms with Crippen molar-refractivity contribution in [3.8, 4) is 0 Å². The maximum atomic E-state index is 12.5. The Hall–Kier alpha value is -1.23. The van der Waals surface area contributed by atoms with Crippen LogP contribution in [0.25, 0.3) is 0 Å². The SMILES string of the molecule is CO/N=C1\C[C@@H]2[C@H](CC[C@]3(C)C(=O)CC[C@@H]23)[C@@]2(C)CC(O)C(=O)CC12. The number of oxime groups is 1. The zero-order chi connectivity index (χ0) is 18.0. The lowest BCUT2D eigenvalue weighted by molar-refractivity contribution is -0.145. The van der Waals surface area contributed by atoms with Gasteiger partial charge < -0.3 is 9.94 Å². The quantitative estimate of drug-likeness (QED) is 0.740. The van der Waals surface area contributed by atoms with Crippen LogP contribution >= 0.6 is 0 Å². The number of hydrogen-bond acceptors (Lipinski definition) is 5. The van der Waals surface area contributed by atoms with E-state index < -0.39 is 6.10 Å². The molecule has 0 amide bonds. The molecule has 25 heavy (non-hydrogen) atoms. The van der Waals surface area contributed by atoms with Crippen LogP contribution in [0.1, 0.15) is 58.8 Å². The maximum absolute atomic E-state index is 12.5. The monoisotopic (exact) mass is 347 g/mol. The molecule has 4 saturated carbocycles. The van der Waals surface area contributed by atoms with E-state index >= 15 is 0 Å². The number of hydrogen-bond donors (Lipinski definition) is 1. The largest absolute Gasteiger partial charge is 0.399 e. The first kappa shape index (κ1) is 17.2. The molecule has 0 spiro atoms. The van der Waals surface area contributed by atoms with Gasteiger partial charge in [-0.3, -0.25) is 9.59 Å². The van der Waals surface area contributed by atoms with Gasteiger partial charge in [0.1, 0.15) is 19.0 Å². The smallest absolute Gasteiger partial charge is 0.161 e. The summed E-state index contributed by atoms with van der Waals surface area (Å²) in [7, 11) is 1.56. The van der Waals surface area contributed by atoms with Crippen LogP contribution in [-0.2, 0) is 14.4 Å². The molecular weight excluding hydrogens is 318 g/mol. The lowest BCUT2D eigenvalue weighted by atomic mass is 9.44. The third-order valence-corrected chi connectivity index (χ3v) is 8.25. The molecule has 4 aliphatic rings. The lowest BCUT2D eigenvalue weighted by Gasteiger charge is -2.59. The highest BCUT2D eigenvalue weighted by atomic mass is 16.6. The molecule has 5 nitrogen and oxygen atoms in total. The Kier molecular flexibility index (Phi) is 3.87. The van der Waals surface area contributed by atoms with Crippen molar-refractivity contribution in [3.63, 3.8) is 0 Å². The predicted octanol–water partition coefficient (Wildman–Crippen LogP) is 2.75. The molecule has 0 heterocycles. The number of fused-ring (bicyclic) bond motifs is 5. The number of carbonyl (C=O) groups is 2. The molecule has 0 radical (unpaired) electrons. The number of rotatable bonds is 1. The number of aliphatic hydroxyl groups is 1. The molecule has 7 atom stereocenters. The molecule has 138 valence electrons. The van der Waals surface area contributed by atoms with Gasteiger partial charge in [0.2, 0.25) is 0 Å². The molecule has 0 aromatic heterocycles. The van der Waals surface area contributed by atoms with Crippen LogP contribution in [0, 0.1) is 34.5 Å². The second kappa shape index (κ2) is 5.63. The minimum absolute atomic E-state index is 0.0612. The second-order valence-corrected chi connectivity index (χ2v) is 9.21. The van der Waals surface area contributed by atoms with E-state index in [1.54, 1.807) is 7.11 Å². The van der Waals surface area contributed by atoms with Gasteiger partial charge in [-0.15, -0.1) is 0 Å². The van der Waals surface area contributed by atoms with Gasteiger partial charge >= 0.3 is 0 Å². The van der Waals surface area contributed by atoms with Crippen molar-refractivity contribution in [2.45, 2.75) is 64.9 Å². The van der Waals surface area contributed by atoms with Crippen LogP contribution < -0.4 is 0 Å². The summed E-state index contributed by atoms with van der Waals surface area (Å²) < 4.78 is 0. The first-order valence-corrected chi connectivity index (χ1v) is 9.65. The Labute approximate surface area is 149 Å². The van der Waals surface area contributed by atoms with E-state index in [4.69, 9.17) is 4.84 Å². The molecule has 0 bridgehead atoms. The molecule has 4 fully saturated rings. The van der Waals surface area contributed by atoms with Gasteiger partial charge in [0.15, 0.2) is 5.78 Å². The van der Waals surface area contributed by atoms with Gasteiger partial charge in [-0.25, -0.2) is 0 Å². The van der Waals surface area contributed by atoms with E-state index in [0.717, 1.165) is 31.4 Å². The number of Topliss-reactive ketones (excluding diaryl/α,β-unsaturated/α-hetero) is 2. The number of ketones is 2. The highest BCUT2D eigenvalue weighted by molar-refractivity contribution is 5.95. The van der Waals surface area contributed by atoms with Crippen LogP contribution in [0.15, 0.2) is 5.16 Å². The van der Waals surface area contributed by atoms with Crippen molar-refractivity contribution >= 4 is 17.3 Å². The van der Waals surface area contributed by atoms with E-state index in [9.17, 15) is 14.7 Å². The van der Waals surface area contributed by atoms with Crippen LogP contribution in [-0.4, -0.2) is 35.6 Å². The molecule has 4 aliphatic carbocycles. The summed E-state index contributed by atoms with van der Waals surface area (Å²) in [6, 6.07) is 0. The first-order valence-electron chi connectivity index (χ1n) is 9.65. The molecule has 0 saturated heterocycles. The van der Waals surface area contributed by atoms with E-state index in [2.05, 4.69) is 19.0 Å². The topological polar surface area (TPSA) is 76.0 Å². The van der Waals surface area contributed by atoms with Crippen molar-refractivity contribution in [2.75, 3.05) is 7.11 Å². The van der Waals surface area contributed by atoms with Crippen molar-refractivity contribution in [1.29, 1.82) is 0 Å². The van der Waals surface area contributed by atoms with Gasteiger partial charge in [-0.2, -0.15) is 0 Å². The Balaban J connectivity index is 1.75. The minimum atomic E-state index is -0.859. The zero-order valence-corrected chi connectivity index (χ0v) is 15.5. The maximum Gasteiger partial charge on any atom is 0.161 e. The van der Waals surface area contributed by atoms with Crippen molar-refractivity contribution in [3.05, 3.63) is 0 Å². The Morgan fingerprint density at radius 1 is 1.16 bits per heavy atom. The van der Waals surface area contributed by atoms with E-state index in [1.165, 1.54) is 0 Å². The summed E-state index contributed by atoms with van der Waals surface area (Å²) in [5.41, 5.74) is 0.641. The number of nitrogens with zero attached hydrogens (tertiary/aromatic N) is 1. The van der Waals surface area contributed by atoms with E-state index in [1.807, 2.05) is 0 Å². The summed E-state index contributed by atoms with van der Waals surface area (Å²) in [5, 5.41) is 14.6. The molecule has 2 unspecified atom stereocenters. The fourth-order valence-electron chi connectivity index (χ4n) is 6.92. The van der Waals surface area contributed by atoms with Gasteiger partial charge in [0.05, 0.1) is 5.71 Å². The number of carbonyl (C=O) groups excluding carboxylic acids is 2. The Morgan fingerprint density at radius 2 is 1.92 bits per heavy atom. The lowest BCUT2D eigenvalue weighted by Crippen LogP contribution is -2.58.